The Kier molecular flexibility index (Phi) is 3.64. The molecule has 19 heavy (non-hydrogen) atoms. The minimum absolute atomic E-state index is 0.623. The maximum atomic E-state index is 6.14. The molecule has 0 amide bonds. The van der Waals surface area contributed by atoms with Gasteiger partial charge in [-0.05, 0) is 24.3 Å². The SMILES string of the molecule is Clc1cccnc1-c1nc(-c2cccc(Br)c2)cs1. The second kappa shape index (κ2) is 5.41. The van der Waals surface area contributed by atoms with Gasteiger partial charge in [0, 0.05) is 21.6 Å². The zero-order valence-electron chi connectivity index (χ0n) is 9.68. The molecule has 0 unspecified atom stereocenters. The van der Waals surface area contributed by atoms with E-state index in [1.165, 1.54) is 0 Å². The first kappa shape index (κ1) is 12.8. The van der Waals surface area contributed by atoms with E-state index in [1.54, 1.807) is 17.5 Å². The lowest BCUT2D eigenvalue weighted by Crippen LogP contribution is -1.84. The molecule has 3 rings (SSSR count). The standard InChI is InChI=1S/C14H8BrClN2S/c15-10-4-1-3-9(7-10)12-8-19-14(18-12)13-11(16)5-2-6-17-13/h1-8H. The van der Waals surface area contributed by atoms with E-state index < -0.39 is 0 Å². The normalized spacial score (nSPS) is 10.6. The maximum Gasteiger partial charge on any atom is 0.144 e. The lowest BCUT2D eigenvalue weighted by atomic mass is 10.2. The molecule has 2 heterocycles. The van der Waals surface area contributed by atoms with Gasteiger partial charge in [0.25, 0.3) is 0 Å². The van der Waals surface area contributed by atoms with Gasteiger partial charge in [-0.2, -0.15) is 0 Å². The molecule has 0 aliphatic carbocycles. The van der Waals surface area contributed by atoms with Gasteiger partial charge in [0.2, 0.25) is 0 Å². The molecule has 0 aliphatic heterocycles. The van der Waals surface area contributed by atoms with Crippen LogP contribution in [0.2, 0.25) is 5.02 Å². The van der Waals surface area contributed by atoms with Crippen molar-refractivity contribution in [2.45, 2.75) is 0 Å². The summed E-state index contributed by atoms with van der Waals surface area (Å²) in [5, 5.41) is 3.47. The Bertz CT molecular complexity index is 727. The first-order valence-corrected chi connectivity index (χ1v) is 7.61. The molecule has 3 aromatic rings. The Morgan fingerprint density at radius 2 is 2.05 bits per heavy atom. The molecule has 2 aromatic heterocycles. The first-order chi connectivity index (χ1) is 9.24. The van der Waals surface area contributed by atoms with Gasteiger partial charge >= 0.3 is 0 Å². The van der Waals surface area contributed by atoms with Gasteiger partial charge in [0.15, 0.2) is 0 Å². The molecule has 0 atom stereocenters. The predicted octanol–water partition coefficient (Wildman–Crippen LogP) is 5.29. The fourth-order valence-electron chi connectivity index (χ4n) is 1.71. The predicted molar refractivity (Wildman–Crippen MR) is 83.5 cm³/mol. The molecule has 0 saturated heterocycles. The lowest BCUT2D eigenvalue weighted by Gasteiger charge is -1.98. The summed E-state index contributed by atoms with van der Waals surface area (Å²) in [7, 11) is 0. The summed E-state index contributed by atoms with van der Waals surface area (Å²) in [4.78, 5) is 8.88. The molecular weight excluding hydrogens is 344 g/mol. The van der Waals surface area contributed by atoms with Crippen LogP contribution in [0, 0.1) is 0 Å². The second-order valence-corrected chi connectivity index (χ2v) is 6.06. The minimum Gasteiger partial charge on any atom is -0.252 e. The Morgan fingerprint density at radius 1 is 1.16 bits per heavy atom. The number of benzene rings is 1. The quantitative estimate of drug-likeness (QED) is 0.627. The molecule has 0 N–H and O–H groups in total. The van der Waals surface area contributed by atoms with Crippen molar-refractivity contribution < 1.29 is 0 Å². The number of hydrogen-bond acceptors (Lipinski definition) is 3. The van der Waals surface area contributed by atoms with Crippen LogP contribution in [0.1, 0.15) is 0 Å². The summed E-state index contributed by atoms with van der Waals surface area (Å²) in [6.07, 6.45) is 1.72. The Hall–Kier alpha value is -1.23. The Balaban J connectivity index is 2.03. The van der Waals surface area contributed by atoms with E-state index in [-0.39, 0.29) is 0 Å². The summed E-state index contributed by atoms with van der Waals surface area (Å²) in [6, 6.07) is 11.7. The van der Waals surface area contributed by atoms with E-state index in [0.717, 1.165) is 26.4 Å². The second-order valence-electron chi connectivity index (χ2n) is 3.88. The van der Waals surface area contributed by atoms with Crippen molar-refractivity contribution in [2.75, 3.05) is 0 Å². The van der Waals surface area contributed by atoms with Crippen LogP contribution < -0.4 is 0 Å². The summed E-state index contributed by atoms with van der Waals surface area (Å²) in [5.41, 5.74) is 2.74. The van der Waals surface area contributed by atoms with Crippen LogP contribution in [-0.2, 0) is 0 Å². The monoisotopic (exact) mass is 350 g/mol. The molecule has 0 radical (unpaired) electrons. The van der Waals surface area contributed by atoms with Gasteiger partial charge in [0.05, 0.1) is 10.7 Å². The maximum absolute atomic E-state index is 6.14. The number of thiazole rings is 1. The molecule has 0 spiro atoms. The Morgan fingerprint density at radius 3 is 2.84 bits per heavy atom. The molecule has 1 aromatic carbocycles. The zero-order chi connectivity index (χ0) is 13.2. The highest BCUT2D eigenvalue weighted by atomic mass is 79.9. The lowest BCUT2D eigenvalue weighted by molar-refractivity contribution is 1.29. The van der Waals surface area contributed by atoms with Crippen LogP contribution in [0.15, 0.2) is 52.4 Å². The van der Waals surface area contributed by atoms with Gasteiger partial charge in [0.1, 0.15) is 10.7 Å². The summed E-state index contributed by atoms with van der Waals surface area (Å²) >= 11 is 11.1. The average Bonchev–Trinajstić information content (AvgIpc) is 2.89. The smallest absolute Gasteiger partial charge is 0.144 e. The van der Waals surface area contributed by atoms with E-state index in [9.17, 15) is 0 Å². The van der Waals surface area contributed by atoms with Gasteiger partial charge in [-0.25, -0.2) is 4.98 Å². The largest absolute Gasteiger partial charge is 0.252 e. The van der Waals surface area contributed by atoms with Gasteiger partial charge < -0.3 is 0 Å². The van der Waals surface area contributed by atoms with E-state index in [1.807, 2.05) is 41.8 Å². The van der Waals surface area contributed by atoms with Crippen LogP contribution in [-0.4, -0.2) is 9.97 Å². The van der Waals surface area contributed by atoms with E-state index in [0.29, 0.717) is 5.02 Å². The Labute approximate surface area is 128 Å². The van der Waals surface area contributed by atoms with Gasteiger partial charge in [-0.3, -0.25) is 4.98 Å². The van der Waals surface area contributed by atoms with Crippen molar-refractivity contribution in [3.8, 4) is 22.0 Å². The average molecular weight is 352 g/mol. The highest BCUT2D eigenvalue weighted by Gasteiger charge is 2.10. The number of pyridine rings is 1. The molecular formula is C14H8BrClN2S. The molecule has 2 nitrogen and oxygen atoms in total. The zero-order valence-corrected chi connectivity index (χ0v) is 12.8. The van der Waals surface area contributed by atoms with E-state index in [4.69, 9.17) is 11.6 Å². The van der Waals surface area contributed by atoms with Crippen LogP contribution in [0.3, 0.4) is 0 Å². The third-order valence-electron chi connectivity index (χ3n) is 2.59. The third kappa shape index (κ3) is 2.71. The molecule has 0 saturated carbocycles. The van der Waals surface area contributed by atoms with Crippen molar-refractivity contribution in [2.24, 2.45) is 0 Å². The van der Waals surface area contributed by atoms with E-state index in [2.05, 4.69) is 25.9 Å². The molecule has 0 bridgehead atoms. The van der Waals surface area contributed by atoms with Crippen LogP contribution in [0.25, 0.3) is 22.0 Å². The third-order valence-corrected chi connectivity index (χ3v) is 4.23. The van der Waals surface area contributed by atoms with E-state index >= 15 is 0 Å². The van der Waals surface area contributed by atoms with Gasteiger partial charge in [-0.1, -0.05) is 39.7 Å². The highest BCUT2D eigenvalue weighted by molar-refractivity contribution is 9.10. The first-order valence-electron chi connectivity index (χ1n) is 5.56. The van der Waals surface area contributed by atoms with Crippen molar-refractivity contribution in [3.05, 3.63) is 57.5 Å². The topological polar surface area (TPSA) is 25.8 Å². The number of rotatable bonds is 2. The summed E-state index contributed by atoms with van der Waals surface area (Å²) in [5.74, 6) is 0. The number of halogens is 2. The van der Waals surface area contributed by atoms with Crippen molar-refractivity contribution >= 4 is 38.9 Å². The fraction of sp³-hybridized carbons (Fsp3) is 0. The molecule has 0 fully saturated rings. The number of hydrogen-bond donors (Lipinski definition) is 0. The van der Waals surface area contributed by atoms with Crippen molar-refractivity contribution in [3.63, 3.8) is 0 Å². The highest BCUT2D eigenvalue weighted by Crippen LogP contribution is 2.32. The molecule has 94 valence electrons. The fourth-order valence-corrected chi connectivity index (χ4v) is 3.21. The summed E-state index contributed by atoms with van der Waals surface area (Å²) < 4.78 is 1.04. The molecule has 0 aliphatic rings. The van der Waals surface area contributed by atoms with Gasteiger partial charge in [-0.15, -0.1) is 11.3 Å². The van der Waals surface area contributed by atoms with Crippen LogP contribution in [0.4, 0.5) is 0 Å². The molecule has 5 heteroatoms. The van der Waals surface area contributed by atoms with Crippen LogP contribution in [0.5, 0.6) is 0 Å². The summed E-state index contributed by atoms with van der Waals surface area (Å²) in [6.45, 7) is 0. The van der Waals surface area contributed by atoms with Crippen molar-refractivity contribution in [1.29, 1.82) is 0 Å². The number of aromatic nitrogens is 2. The minimum atomic E-state index is 0.623. The van der Waals surface area contributed by atoms with Crippen molar-refractivity contribution in [1.82, 2.24) is 9.97 Å². The number of nitrogens with zero attached hydrogens (tertiary/aromatic N) is 2. The van der Waals surface area contributed by atoms with Crippen LogP contribution >= 0.6 is 38.9 Å².